The van der Waals surface area contributed by atoms with Crippen LogP contribution in [0.1, 0.15) is 5.69 Å². The smallest absolute Gasteiger partial charge is 0.147 e. The molecule has 0 aromatic carbocycles. The van der Waals surface area contributed by atoms with E-state index in [0.29, 0.717) is 0 Å². The molecule has 2 nitrogen and oxygen atoms in total. The zero-order chi connectivity index (χ0) is 6.69. The standard InChI is InChI=1S/C6H5FNO/c7-5-2-1-3-8-6(5)4-9/h1-3H,4H2. The van der Waals surface area contributed by atoms with Crippen LogP contribution in [0.4, 0.5) is 4.39 Å². The van der Waals surface area contributed by atoms with Gasteiger partial charge in [-0.2, -0.15) is 0 Å². The SMILES string of the molecule is [O]Cc1ncccc1F. The van der Waals surface area contributed by atoms with Crippen LogP contribution in [0.15, 0.2) is 18.3 Å². The van der Waals surface area contributed by atoms with Gasteiger partial charge in [0.15, 0.2) is 0 Å². The van der Waals surface area contributed by atoms with E-state index < -0.39 is 12.4 Å². The van der Waals surface area contributed by atoms with Crippen molar-refractivity contribution in [3.05, 3.63) is 29.8 Å². The normalized spacial score (nSPS) is 9.56. The number of hydrogen-bond donors (Lipinski definition) is 0. The quantitative estimate of drug-likeness (QED) is 0.555. The van der Waals surface area contributed by atoms with Crippen molar-refractivity contribution in [2.45, 2.75) is 6.61 Å². The monoisotopic (exact) mass is 126 g/mol. The summed E-state index contributed by atoms with van der Waals surface area (Å²) in [4.78, 5) is 3.51. The summed E-state index contributed by atoms with van der Waals surface area (Å²) < 4.78 is 12.3. The molecule has 0 N–H and O–H groups in total. The first kappa shape index (κ1) is 6.16. The molecule has 0 saturated carbocycles. The van der Waals surface area contributed by atoms with Crippen LogP contribution in [0.2, 0.25) is 0 Å². The van der Waals surface area contributed by atoms with Crippen LogP contribution in [0.25, 0.3) is 0 Å². The Labute approximate surface area is 52.0 Å². The summed E-state index contributed by atoms with van der Waals surface area (Å²) in [5.41, 5.74) is -0.0162. The largest absolute Gasteiger partial charge is 0.256 e. The Hall–Kier alpha value is -0.960. The predicted molar refractivity (Wildman–Crippen MR) is 28.6 cm³/mol. The molecular weight excluding hydrogens is 121 g/mol. The van der Waals surface area contributed by atoms with E-state index in [4.69, 9.17) is 0 Å². The van der Waals surface area contributed by atoms with Crippen molar-refractivity contribution in [2.75, 3.05) is 0 Å². The molecule has 1 rings (SSSR count). The van der Waals surface area contributed by atoms with Gasteiger partial charge >= 0.3 is 0 Å². The molecule has 0 spiro atoms. The van der Waals surface area contributed by atoms with Gasteiger partial charge in [0, 0.05) is 6.20 Å². The van der Waals surface area contributed by atoms with Crippen molar-refractivity contribution < 1.29 is 9.50 Å². The Morgan fingerprint density at radius 1 is 1.67 bits per heavy atom. The zero-order valence-electron chi connectivity index (χ0n) is 4.67. The van der Waals surface area contributed by atoms with Gasteiger partial charge in [-0.05, 0) is 12.1 Å². The lowest BCUT2D eigenvalue weighted by Crippen LogP contribution is -1.90. The van der Waals surface area contributed by atoms with Crippen molar-refractivity contribution in [3.63, 3.8) is 0 Å². The van der Waals surface area contributed by atoms with Crippen molar-refractivity contribution >= 4 is 0 Å². The minimum absolute atomic E-state index is 0.0162. The second kappa shape index (κ2) is 2.55. The van der Waals surface area contributed by atoms with Crippen molar-refractivity contribution in [2.24, 2.45) is 0 Å². The van der Waals surface area contributed by atoms with Crippen LogP contribution in [0.5, 0.6) is 0 Å². The molecule has 1 radical (unpaired) electrons. The van der Waals surface area contributed by atoms with E-state index in [1.165, 1.54) is 18.3 Å². The van der Waals surface area contributed by atoms with Crippen molar-refractivity contribution in [1.29, 1.82) is 0 Å². The minimum Gasteiger partial charge on any atom is -0.256 e. The van der Waals surface area contributed by atoms with Crippen LogP contribution >= 0.6 is 0 Å². The molecule has 1 aromatic heterocycles. The Morgan fingerprint density at radius 2 is 2.44 bits per heavy atom. The Morgan fingerprint density at radius 3 is 2.89 bits per heavy atom. The van der Waals surface area contributed by atoms with E-state index in [-0.39, 0.29) is 5.69 Å². The van der Waals surface area contributed by atoms with E-state index >= 15 is 0 Å². The molecule has 3 heteroatoms. The summed E-state index contributed by atoms with van der Waals surface area (Å²) in [5, 5.41) is 10.0. The Bertz CT molecular complexity index is 202. The zero-order valence-corrected chi connectivity index (χ0v) is 4.67. The van der Waals surface area contributed by atoms with Crippen LogP contribution in [-0.4, -0.2) is 4.98 Å². The van der Waals surface area contributed by atoms with Gasteiger partial charge in [0.05, 0.1) is 0 Å². The first-order chi connectivity index (χ1) is 4.34. The topological polar surface area (TPSA) is 32.8 Å². The summed E-state index contributed by atoms with van der Waals surface area (Å²) in [6, 6.07) is 2.68. The van der Waals surface area contributed by atoms with E-state index in [1.807, 2.05) is 0 Å². The van der Waals surface area contributed by atoms with Gasteiger partial charge in [0.2, 0.25) is 0 Å². The molecule has 1 aromatic rings. The number of halogens is 1. The number of aromatic nitrogens is 1. The fourth-order valence-electron chi connectivity index (χ4n) is 0.525. The maximum absolute atomic E-state index is 12.3. The van der Waals surface area contributed by atoms with Crippen LogP contribution in [0.3, 0.4) is 0 Å². The molecule has 47 valence electrons. The molecule has 0 aliphatic heterocycles. The van der Waals surface area contributed by atoms with E-state index in [2.05, 4.69) is 4.98 Å². The van der Waals surface area contributed by atoms with Crippen LogP contribution in [-0.2, 0) is 11.7 Å². The van der Waals surface area contributed by atoms with Crippen molar-refractivity contribution in [3.8, 4) is 0 Å². The highest BCUT2D eigenvalue weighted by Crippen LogP contribution is 2.00. The number of rotatable bonds is 1. The average molecular weight is 126 g/mol. The van der Waals surface area contributed by atoms with Gasteiger partial charge < -0.3 is 0 Å². The number of nitrogens with zero attached hydrogens (tertiary/aromatic N) is 1. The predicted octanol–water partition coefficient (Wildman–Crippen LogP) is 1.15. The fraction of sp³-hybridized carbons (Fsp3) is 0.167. The maximum atomic E-state index is 12.3. The third-order valence-corrected chi connectivity index (χ3v) is 0.971. The van der Waals surface area contributed by atoms with E-state index in [1.54, 1.807) is 0 Å². The first-order valence-electron chi connectivity index (χ1n) is 2.52. The highest BCUT2D eigenvalue weighted by Gasteiger charge is 1.98. The van der Waals surface area contributed by atoms with E-state index in [0.717, 1.165) is 0 Å². The van der Waals surface area contributed by atoms with Gasteiger partial charge in [-0.1, -0.05) is 0 Å². The van der Waals surface area contributed by atoms with Crippen LogP contribution in [0, 0.1) is 5.82 Å². The third kappa shape index (κ3) is 1.23. The molecule has 0 aliphatic rings. The number of hydrogen-bond acceptors (Lipinski definition) is 1. The van der Waals surface area contributed by atoms with E-state index in [9.17, 15) is 9.50 Å². The molecule has 1 heterocycles. The molecule has 9 heavy (non-hydrogen) atoms. The summed E-state index contributed by atoms with van der Waals surface area (Å²) in [5.74, 6) is -0.521. The van der Waals surface area contributed by atoms with Crippen molar-refractivity contribution in [1.82, 2.24) is 4.98 Å². The average Bonchev–Trinajstić information content (AvgIpc) is 1.89. The van der Waals surface area contributed by atoms with Gasteiger partial charge in [0.1, 0.15) is 18.1 Å². The fourth-order valence-corrected chi connectivity index (χ4v) is 0.525. The lowest BCUT2D eigenvalue weighted by molar-refractivity contribution is 0.170. The highest BCUT2D eigenvalue weighted by atomic mass is 19.1. The summed E-state index contributed by atoms with van der Waals surface area (Å²) in [7, 11) is 0. The second-order valence-corrected chi connectivity index (χ2v) is 1.58. The van der Waals surface area contributed by atoms with Gasteiger partial charge in [-0.25, -0.2) is 9.50 Å². The van der Waals surface area contributed by atoms with Gasteiger partial charge in [-0.15, -0.1) is 0 Å². The molecule has 0 aliphatic carbocycles. The molecule has 0 fully saturated rings. The molecule has 0 atom stereocenters. The molecule has 0 unspecified atom stereocenters. The Balaban J connectivity index is 3.01. The highest BCUT2D eigenvalue weighted by molar-refractivity contribution is 5.05. The van der Waals surface area contributed by atoms with Crippen LogP contribution < -0.4 is 0 Å². The molecule has 0 bridgehead atoms. The molecular formula is C6H5FNO. The lowest BCUT2D eigenvalue weighted by Gasteiger charge is -1.91. The third-order valence-electron chi connectivity index (χ3n) is 0.971. The first-order valence-corrected chi connectivity index (χ1v) is 2.52. The molecule has 0 amide bonds. The minimum atomic E-state index is -0.591. The summed E-state index contributed by atoms with van der Waals surface area (Å²) in [6.07, 6.45) is 1.40. The Kier molecular flexibility index (Phi) is 1.75. The lowest BCUT2D eigenvalue weighted by atomic mass is 10.3. The molecule has 0 saturated heterocycles. The van der Waals surface area contributed by atoms with Gasteiger partial charge in [-0.3, -0.25) is 4.98 Å². The summed E-state index contributed by atoms with van der Waals surface area (Å²) >= 11 is 0. The number of pyridine rings is 1. The summed E-state index contributed by atoms with van der Waals surface area (Å²) in [6.45, 7) is -0.591. The second-order valence-electron chi connectivity index (χ2n) is 1.58. The van der Waals surface area contributed by atoms with Gasteiger partial charge in [0.25, 0.3) is 0 Å². The maximum Gasteiger partial charge on any atom is 0.147 e.